The topological polar surface area (TPSA) is 46.5 Å². The van der Waals surface area contributed by atoms with E-state index in [1.54, 1.807) is 0 Å². The summed E-state index contributed by atoms with van der Waals surface area (Å²) in [6.07, 6.45) is -10.5. The monoisotopic (exact) mass is 288 g/mol. The molecule has 0 spiro atoms. The zero-order valence-electron chi connectivity index (χ0n) is 9.19. The Morgan fingerprint density at radius 2 is 1.42 bits per heavy atom. The van der Waals surface area contributed by atoms with Crippen molar-refractivity contribution in [2.24, 2.45) is 0 Å². The van der Waals surface area contributed by atoms with Gasteiger partial charge >= 0.3 is 18.3 Å². The molecule has 0 aliphatic carbocycles. The number of hydrogen-bond acceptors (Lipinski definition) is 3. The van der Waals surface area contributed by atoms with Gasteiger partial charge < -0.3 is 9.84 Å². The molecule has 0 aliphatic heterocycles. The normalized spacial score (nSPS) is 12.4. The lowest BCUT2D eigenvalue weighted by Gasteiger charge is -2.16. The summed E-state index contributed by atoms with van der Waals surface area (Å²) >= 11 is 0. The number of phenols is 1. The molecule has 0 heterocycles. The fourth-order valence-electron chi connectivity index (χ4n) is 1.30. The lowest BCUT2D eigenvalue weighted by atomic mass is 10.0. The summed E-state index contributed by atoms with van der Waals surface area (Å²) < 4.78 is 79.0. The van der Waals surface area contributed by atoms with Crippen LogP contribution < -0.4 is 0 Å². The molecular formula is C10H6F6O3. The minimum Gasteiger partial charge on any atom is -0.507 e. The van der Waals surface area contributed by atoms with Gasteiger partial charge in [0.25, 0.3) is 0 Å². The Hall–Kier alpha value is -1.93. The smallest absolute Gasteiger partial charge is 0.419 e. The van der Waals surface area contributed by atoms with Gasteiger partial charge in [-0.25, -0.2) is 4.79 Å². The molecule has 3 nitrogen and oxygen atoms in total. The standard InChI is InChI=1S/C10H6F6O3/c1-19-8(18)4-2-5(9(11,12)13)7(17)6(3-4)10(14,15)16/h2-3,17H,1H3. The molecule has 19 heavy (non-hydrogen) atoms. The summed E-state index contributed by atoms with van der Waals surface area (Å²) in [6, 6.07) is 0.187. The number of phenolic OH excluding ortho intramolecular Hbond substituents is 1. The van der Waals surface area contributed by atoms with Crippen molar-refractivity contribution >= 4 is 5.97 Å². The quantitative estimate of drug-likeness (QED) is 0.637. The second kappa shape index (κ2) is 4.63. The van der Waals surface area contributed by atoms with E-state index in [9.17, 15) is 31.1 Å². The maximum Gasteiger partial charge on any atom is 0.419 e. The van der Waals surface area contributed by atoms with Gasteiger partial charge in [-0.15, -0.1) is 0 Å². The second-order valence-electron chi connectivity index (χ2n) is 3.41. The van der Waals surface area contributed by atoms with Gasteiger partial charge in [-0.2, -0.15) is 26.3 Å². The van der Waals surface area contributed by atoms with Crippen molar-refractivity contribution in [3.05, 3.63) is 28.8 Å². The number of alkyl halides is 6. The highest BCUT2D eigenvalue weighted by Gasteiger charge is 2.42. The van der Waals surface area contributed by atoms with Crippen molar-refractivity contribution in [3.8, 4) is 5.75 Å². The third-order valence-corrected chi connectivity index (χ3v) is 2.14. The Labute approximate surface area is 102 Å². The van der Waals surface area contributed by atoms with Gasteiger partial charge in [0.2, 0.25) is 0 Å². The first kappa shape index (κ1) is 15.1. The second-order valence-corrected chi connectivity index (χ2v) is 3.41. The molecule has 0 atom stereocenters. The number of carbonyl (C=O) groups is 1. The first-order chi connectivity index (χ1) is 8.48. The Bertz CT molecular complexity index is 468. The summed E-state index contributed by atoms with van der Waals surface area (Å²) in [5.74, 6) is -3.36. The van der Waals surface area contributed by atoms with Crippen LogP contribution in [0.15, 0.2) is 12.1 Å². The van der Waals surface area contributed by atoms with Crippen LogP contribution in [0.1, 0.15) is 21.5 Å². The molecule has 0 fully saturated rings. The van der Waals surface area contributed by atoms with Gasteiger partial charge in [0, 0.05) is 0 Å². The van der Waals surface area contributed by atoms with Crippen molar-refractivity contribution in [2.75, 3.05) is 7.11 Å². The fraction of sp³-hybridized carbons (Fsp3) is 0.300. The van der Waals surface area contributed by atoms with Crippen molar-refractivity contribution in [1.82, 2.24) is 0 Å². The maximum atomic E-state index is 12.5. The predicted octanol–water partition coefficient (Wildman–Crippen LogP) is 3.22. The Morgan fingerprint density at radius 1 is 1.05 bits per heavy atom. The first-order valence-corrected chi connectivity index (χ1v) is 4.58. The number of ether oxygens (including phenoxy) is 1. The van der Waals surface area contributed by atoms with E-state index in [0.29, 0.717) is 0 Å². The number of methoxy groups -OCH3 is 1. The summed E-state index contributed by atoms with van der Waals surface area (Å²) in [5.41, 5.74) is -4.87. The number of hydrogen-bond donors (Lipinski definition) is 1. The summed E-state index contributed by atoms with van der Waals surface area (Å²) in [7, 11) is 0.801. The number of carbonyl (C=O) groups excluding carboxylic acids is 1. The Kier molecular flexibility index (Phi) is 3.69. The molecule has 1 rings (SSSR count). The van der Waals surface area contributed by atoms with Gasteiger partial charge in [0.1, 0.15) is 5.75 Å². The molecule has 0 saturated heterocycles. The highest BCUT2D eigenvalue weighted by Crippen LogP contribution is 2.44. The molecule has 106 valence electrons. The van der Waals surface area contributed by atoms with Gasteiger partial charge in [-0.05, 0) is 12.1 Å². The minimum absolute atomic E-state index is 0.0937. The van der Waals surface area contributed by atoms with Gasteiger partial charge in [-0.3, -0.25) is 0 Å². The average Bonchev–Trinajstić information content (AvgIpc) is 2.25. The first-order valence-electron chi connectivity index (χ1n) is 4.58. The summed E-state index contributed by atoms with van der Waals surface area (Å²) in [5, 5.41) is 9.05. The van der Waals surface area contributed by atoms with E-state index in [1.807, 2.05) is 0 Å². The zero-order valence-corrected chi connectivity index (χ0v) is 9.19. The van der Waals surface area contributed by atoms with E-state index >= 15 is 0 Å². The van der Waals surface area contributed by atoms with E-state index < -0.39 is 40.8 Å². The molecule has 0 bridgehead atoms. The molecule has 1 aromatic rings. The molecule has 0 radical (unpaired) electrons. The predicted molar refractivity (Wildman–Crippen MR) is 49.5 cm³/mol. The lowest BCUT2D eigenvalue weighted by Crippen LogP contribution is -2.14. The van der Waals surface area contributed by atoms with E-state index in [4.69, 9.17) is 5.11 Å². The summed E-state index contributed by atoms with van der Waals surface area (Å²) in [4.78, 5) is 11.0. The fourth-order valence-corrected chi connectivity index (χ4v) is 1.30. The van der Waals surface area contributed by atoms with Crippen LogP contribution in [0.5, 0.6) is 5.75 Å². The van der Waals surface area contributed by atoms with Crippen molar-refractivity contribution in [2.45, 2.75) is 12.4 Å². The number of rotatable bonds is 1. The molecule has 0 unspecified atom stereocenters. The SMILES string of the molecule is COC(=O)c1cc(C(F)(F)F)c(O)c(C(F)(F)F)c1. The van der Waals surface area contributed by atoms with Crippen molar-refractivity contribution in [1.29, 1.82) is 0 Å². The zero-order chi connectivity index (χ0) is 15.0. The molecule has 9 heteroatoms. The molecule has 1 N–H and O–H groups in total. The largest absolute Gasteiger partial charge is 0.507 e. The van der Waals surface area contributed by atoms with Crippen LogP contribution in [0.2, 0.25) is 0 Å². The number of halogens is 6. The van der Waals surface area contributed by atoms with Gasteiger partial charge in [0.05, 0.1) is 23.8 Å². The average molecular weight is 288 g/mol. The van der Waals surface area contributed by atoms with Crippen molar-refractivity contribution in [3.63, 3.8) is 0 Å². The number of aromatic hydroxyl groups is 1. The van der Waals surface area contributed by atoms with Gasteiger partial charge in [0.15, 0.2) is 0 Å². The highest BCUT2D eigenvalue weighted by atomic mass is 19.4. The maximum absolute atomic E-state index is 12.5. The van der Waals surface area contributed by atoms with Crippen LogP contribution in [-0.4, -0.2) is 18.2 Å². The van der Waals surface area contributed by atoms with Crippen LogP contribution in [0.3, 0.4) is 0 Å². The van der Waals surface area contributed by atoms with Crippen LogP contribution in [0, 0.1) is 0 Å². The van der Waals surface area contributed by atoms with Crippen molar-refractivity contribution < 1.29 is 41.0 Å². The van der Waals surface area contributed by atoms with E-state index in [0.717, 1.165) is 7.11 Å². The van der Waals surface area contributed by atoms with E-state index in [2.05, 4.69) is 4.74 Å². The molecule has 1 aromatic carbocycles. The van der Waals surface area contributed by atoms with Gasteiger partial charge in [-0.1, -0.05) is 0 Å². The van der Waals surface area contributed by atoms with Crippen LogP contribution >= 0.6 is 0 Å². The third kappa shape index (κ3) is 3.09. The van der Waals surface area contributed by atoms with Crippen LogP contribution in [0.4, 0.5) is 26.3 Å². The lowest BCUT2D eigenvalue weighted by molar-refractivity contribution is -0.145. The van der Waals surface area contributed by atoms with E-state index in [1.165, 1.54) is 0 Å². The molecule has 0 aromatic heterocycles. The Balaban J connectivity index is 3.62. The molecular weight excluding hydrogens is 282 g/mol. The highest BCUT2D eigenvalue weighted by molar-refractivity contribution is 5.90. The minimum atomic E-state index is -5.24. The molecule has 0 saturated carbocycles. The molecule has 0 aliphatic rings. The summed E-state index contributed by atoms with van der Waals surface area (Å²) in [6.45, 7) is 0. The Morgan fingerprint density at radius 3 is 1.68 bits per heavy atom. The molecule has 0 amide bonds. The third-order valence-electron chi connectivity index (χ3n) is 2.14. The van der Waals surface area contributed by atoms with Crippen LogP contribution in [-0.2, 0) is 17.1 Å². The van der Waals surface area contributed by atoms with Crippen LogP contribution in [0.25, 0.3) is 0 Å². The van der Waals surface area contributed by atoms with E-state index in [-0.39, 0.29) is 12.1 Å². The number of esters is 1. The number of benzene rings is 1.